The molecule has 1 heterocycles. The van der Waals surface area contributed by atoms with Gasteiger partial charge in [0.15, 0.2) is 0 Å². The quantitative estimate of drug-likeness (QED) is 0.589. The molecule has 168 valence electrons. The first-order chi connectivity index (χ1) is 14.8. The molecule has 0 bridgehead atoms. The summed E-state index contributed by atoms with van der Waals surface area (Å²) in [5, 5.41) is 20.5. The Morgan fingerprint density at radius 3 is 2.61 bits per heavy atom. The van der Waals surface area contributed by atoms with Crippen molar-refractivity contribution in [3.63, 3.8) is 0 Å². The number of nitrogens with zero attached hydrogens (tertiary/aromatic N) is 1. The standard InChI is InChI=1S/C24H33N3O4/c1-16(2)13-19-14-22(31-27-19)23(30)25-15-24(18-7-5-4-6-8-18)11-9-20(26-17(3)28)21(29)10-12-24/h4-8,14,16,20-21,29H,9-13,15H2,1-3H3,(H,25,30)(H,26,28)/t20-,21-,24-/m0/s1. The fourth-order valence-corrected chi connectivity index (χ4v) is 4.43. The molecule has 3 rings (SSSR count). The Balaban J connectivity index is 1.76. The molecule has 0 aliphatic heterocycles. The Hall–Kier alpha value is -2.67. The summed E-state index contributed by atoms with van der Waals surface area (Å²) in [4.78, 5) is 24.3. The molecule has 0 unspecified atom stereocenters. The van der Waals surface area contributed by atoms with Crippen molar-refractivity contribution in [2.45, 2.75) is 70.4 Å². The zero-order valence-corrected chi connectivity index (χ0v) is 18.6. The zero-order valence-electron chi connectivity index (χ0n) is 18.6. The van der Waals surface area contributed by atoms with Crippen molar-refractivity contribution in [1.29, 1.82) is 0 Å². The third-order valence-corrected chi connectivity index (χ3v) is 6.08. The molecule has 3 atom stereocenters. The third kappa shape index (κ3) is 5.94. The number of aliphatic hydroxyl groups is 1. The Morgan fingerprint density at radius 1 is 1.23 bits per heavy atom. The van der Waals surface area contributed by atoms with E-state index in [1.54, 1.807) is 6.07 Å². The summed E-state index contributed by atoms with van der Waals surface area (Å²) in [7, 11) is 0. The Kier molecular flexibility index (Phi) is 7.49. The van der Waals surface area contributed by atoms with Gasteiger partial charge in [-0.05, 0) is 43.6 Å². The monoisotopic (exact) mass is 427 g/mol. The van der Waals surface area contributed by atoms with Crippen molar-refractivity contribution in [1.82, 2.24) is 15.8 Å². The predicted molar refractivity (Wildman–Crippen MR) is 118 cm³/mol. The topological polar surface area (TPSA) is 104 Å². The minimum Gasteiger partial charge on any atom is -0.391 e. The van der Waals surface area contributed by atoms with E-state index in [1.165, 1.54) is 6.92 Å². The molecule has 2 amide bonds. The first-order valence-electron chi connectivity index (χ1n) is 11.0. The number of rotatable bonds is 7. The second kappa shape index (κ2) is 10.1. The molecule has 1 aromatic carbocycles. The van der Waals surface area contributed by atoms with E-state index in [-0.39, 0.29) is 29.0 Å². The van der Waals surface area contributed by atoms with Gasteiger partial charge in [-0.25, -0.2) is 0 Å². The van der Waals surface area contributed by atoms with E-state index in [4.69, 9.17) is 4.52 Å². The summed E-state index contributed by atoms with van der Waals surface area (Å²) in [6.07, 6.45) is 2.74. The van der Waals surface area contributed by atoms with Gasteiger partial charge < -0.3 is 20.3 Å². The molecule has 0 radical (unpaired) electrons. The molecular weight excluding hydrogens is 394 g/mol. The summed E-state index contributed by atoms with van der Waals surface area (Å²) >= 11 is 0. The molecule has 0 saturated heterocycles. The molecule has 1 saturated carbocycles. The fourth-order valence-electron chi connectivity index (χ4n) is 4.43. The SMILES string of the molecule is CC(=O)N[C@H]1CC[C@](CNC(=O)c2cc(CC(C)C)no2)(c2ccccc2)CC[C@@H]1O. The van der Waals surface area contributed by atoms with Crippen LogP contribution in [0.15, 0.2) is 40.9 Å². The fraction of sp³-hybridized carbons (Fsp3) is 0.542. The van der Waals surface area contributed by atoms with Crippen molar-refractivity contribution in [3.05, 3.63) is 53.4 Å². The van der Waals surface area contributed by atoms with Crippen LogP contribution in [-0.2, 0) is 16.6 Å². The van der Waals surface area contributed by atoms with Crippen molar-refractivity contribution in [2.75, 3.05) is 6.54 Å². The van der Waals surface area contributed by atoms with Gasteiger partial charge in [-0.3, -0.25) is 9.59 Å². The maximum atomic E-state index is 12.8. The van der Waals surface area contributed by atoms with Gasteiger partial charge in [-0.15, -0.1) is 0 Å². The number of hydrogen-bond donors (Lipinski definition) is 3. The average Bonchev–Trinajstić information content (AvgIpc) is 3.13. The molecule has 7 heteroatoms. The van der Waals surface area contributed by atoms with Gasteiger partial charge in [-0.1, -0.05) is 49.3 Å². The summed E-state index contributed by atoms with van der Waals surface area (Å²) in [6, 6.07) is 11.5. The van der Waals surface area contributed by atoms with E-state index in [1.807, 2.05) is 18.2 Å². The summed E-state index contributed by atoms with van der Waals surface area (Å²) in [5.41, 5.74) is 1.55. The van der Waals surface area contributed by atoms with Crippen LogP contribution in [0.25, 0.3) is 0 Å². The van der Waals surface area contributed by atoms with Crippen molar-refractivity contribution < 1.29 is 19.2 Å². The van der Waals surface area contributed by atoms with E-state index in [9.17, 15) is 14.7 Å². The highest BCUT2D eigenvalue weighted by atomic mass is 16.5. The van der Waals surface area contributed by atoms with Crippen LogP contribution in [0.5, 0.6) is 0 Å². The minimum absolute atomic E-state index is 0.146. The van der Waals surface area contributed by atoms with Gasteiger partial charge in [0.2, 0.25) is 11.7 Å². The van der Waals surface area contributed by atoms with Crippen LogP contribution >= 0.6 is 0 Å². The molecule has 7 nitrogen and oxygen atoms in total. The molecule has 1 fully saturated rings. The van der Waals surface area contributed by atoms with Crippen LogP contribution in [0, 0.1) is 5.92 Å². The number of amides is 2. The van der Waals surface area contributed by atoms with Crippen LogP contribution in [0.2, 0.25) is 0 Å². The van der Waals surface area contributed by atoms with Gasteiger partial charge >= 0.3 is 0 Å². The number of nitrogens with one attached hydrogen (secondary N) is 2. The van der Waals surface area contributed by atoms with Crippen molar-refractivity contribution in [2.24, 2.45) is 5.92 Å². The van der Waals surface area contributed by atoms with Crippen LogP contribution in [-0.4, -0.2) is 40.8 Å². The lowest BCUT2D eigenvalue weighted by molar-refractivity contribution is -0.120. The van der Waals surface area contributed by atoms with Gasteiger partial charge in [0.1, 0.15) is 0 Å². The largest absolute Gasteiger partial charge is 0.391 e. The molecule has 1 aromatic heterocycles. The second-order valence-electron chi connectivity index (χ2n) is 9.06. The molecule has 2 aromatic rings. The summed E-state index contributed by atoms with van der Waals surface area (Å²) in [6.45, 7) is 6.06. The molecular formula is C24H33N3O4. The van der Waals surface area contributed by atoms with Gasteiger partial charge in [-0.2, -0.15) is 0 Å². The Morgan fingerprint density at radius 2 is 1.94 bits per heavy atom. The van der Waals surface area contributed by atoms with Gasteiger partial charge in [0.05, 0.1) is 17.8 Å². The number of carbonyl (C=O) groups excluding carboxylic acids is 2. The van der Waals surface area contributed by atoms with Crippen LogP contribution in [0.1, 0.15) is 68.3 Å². The van der Waals surface area contributed by atoms with E-state index < -0.39 is 6.10 Å². The maximum absolute atomic E-state index is 12.8. The molecule has 0 spiro atoms. The van der Waals surface area contributed by atoms with E-state index in [2.05, 4.69) is 41.8 Å². The average molecular weight is 428 g/mol. The Labute approximate surface area is 183 Å². The summed E-state index contributed by atoms with van der Waals surface area (Å²) in [5.74, 6) is 0.202. The highest BCUT2D eigenvalue weighted by molar-refractivity contribution is 5.91. The number of carbonyl (C=O) groups is 2. The number of aromatic nitrogens is 1. The van der Waals surface area contributed by atoms with Crippen molar-refractivity contribution >= 4 is 11.8 Å². The maximum Gasteiger partial charge on any atom is 0.289 e. The molecule has 31 heavy (non-hydrogen) atoms. The third-order valence-electron chi connectivity index (χ3n) is 6.08. The lowest BCUT2D eigenvalue weighted by Crippen LogP contribution is -2.42. The van der Waals surface area contributed by atoms with Crippen LogP contribution < -0.4 is 10.6 Å². The molecule has 1 aliphatic rings. The lowest BCUT2D eigenvalue weighted by atomic mass is 9.74. The second-order valence-corrected chi connectivity index (χ2v) is 9.06. The van der Waals surface area contributed by atoms with Gasteiger partial charge in [0.25, 0.3) is 5.91 Å². The normalized spacial score (nSPS) is 23.9. The predicted octanol–water partition coefficient (Wildman–Crippen LogP) is 2.98. The molecule has 1 aliphatic carbocycles. The molecule has 3 N–H and O–H groups in total. The Bertz CT molecular complexity index is 880. The van der Waals surface area contributed by atoms with Gasteiger partial charge in [0, 0.05) is 24.9 Å². The van der Waals surface area contributed by atoms with Crippen molar-refractivity contribution in [3.8, 4) is 0 Å². The number of hydrogen-bond acceptors (Lipinski definition) is 5. The lowest BCUT2D eigenvalue weighted by Gasteiger charge is -2.33. The van der Waals surface area contributed by atoms with E-state index in [0.29, 0.717) is 31.7 Å². The zero-order chi connectivity index (χ0) is 22.4. The van der Waals surface area contributed by atoms with E-state index >= 15 is 0 Å². The first-order valence-corrected chi connectivity index (χ1v) is 11.0. The highest BCUT2D eigenvalue weighted by Crippen LogP contribution is 2.38. The first kappa shape index (κ1) is 23.0. The summed E-state index contributed by atoms with van der Waals surface area (Å²) < 4.78 is 5.26. The number of benzene rings is 1. The number of aliphatic hydroxyl groups excluding tert-OH is 1. The van der Waals surface area contributed by atoms with Crippen LogP contribution in [0.4, 0.5) is 0 Å². The van der Waals surface area contributed by atoms with Crippen LogP contribution in [0.3, 0.4) is 0 Å². The van der Waals surface area contributed by atoms with E-state index in [0.717, 1.165) is 24.1 Å². The smallest absolute Gasteiger partial charge is 0.289 e. The minimum atomic E-state index is -0.613. The highest BCUT2D eigenvalue weighted by Gasteiger charge is 2.38.